The molecule has 0 aliphatic carbocycles. The summed E-state index contributed by atoms with van der Waals surface area (Å²) in [5.74, 6) is -0.661. The van der Waals surface area contributed by atoms with Gasteiger partial charge in [0, 0.05) is 0 Å². The zero-order valence-corrected chi connectivity index (χ0v) is 11.4. The van der Waals surface area contributed by atoms with Gasteiger partial charge < -0.3 is 20.5 Å². The van der Waals surface area contributed by atoms with E-state index < -0.39 is 11.7 Å². The quantitative estimate of drug-likeness (QED) is 0.829. The Balaban J connectivity index is 1.99. The van der Waals surface area contributed by atoms with Crippen LogP contribution in [0.4, 0.5) is 15.8 Å². The Hall–Kier alpha value is -2.76. The fraction of sp³-hybridized carbons (Fsp3) is 0.133. The number of nitrogens with two attached hydrogens (primary N) is 1. The van der Waals surface area contributed by atoms with Gasteiger partial charge in [0.15, 0.2) is 18.2 Å². The number of hydrogen-bond donors (Lipinski definition) is 2. The zero-order valence-electron chi connectivity index (χ0n) is 11.4. The minimum absolute atomic E-state index is 0.132. The molecule has 0 aromatic heterocycles. The van der Waals surface area contributed by atoms with Gasteiger partial charge in [-0.1, -0.05) is 18.2 Å². The van der Waals surface area contributed by atoms with E-state index in [0.29, 0.717) is 11.4 Å². The summed E-state index contributed by atoms with van der Waals surface area (Å²) < 4.78 is 23.7. The average Bonchev–Trinajstić information content (AvgIpc) is 2.47. The van der Waals surface area contributed by atoms with Crippen molar-refractivity contribution in [3.63, 3.8) is 0 Å². The van der Waals surface area contributed by atoms with E-state index in [-0.39, 0.29) is 18.0 Å². The summed E-state index contributed by atoms with van der Waals surface area (Å²) in [6.45, 7) is -0.358. The molecule has 6 heteroatoms. The summed E-state index contributed by atoms with van der Waals surface area (Å²) in [6, 6.07) is 11.1. The number of carbonyl (C=O) groups is 1. The SMILES string of the molecule is COc1ccccc1NC(=O)COc1c(N)cccc1F. The predicted octanol–water partition coefficient (Wildman–Crippen LogP) is 2.43. The predicted molar refractivity (Wildman–Crippen MR) is 77.9 cm³/mol. The van der Waals surface area contributed by atoms with Crippen LogP contribution in [-0.4, -0.2) is 19.6 Å². The highest BCUT2D eigenvalue weighted by atomic mass is 19.1. The Morgan fingerprint density at radius 2 is 2.00 bits per heavy atom. The largest absolute Gasteiger partial charge is 0.495 e. The smallest absolute Gasteiger partial charge is 0.262 e. The van der Waals surface area contributed by atoms with Crippen molar-refractivity contribution in [3.05, 3.63) is 48.3 Å². The Labute approximate surface area is 121 Å². The van der Waals surface area contributed by atoms with Crippen LogP contribution in [0.15, 0.2) is 42.5 Å². The van der Waals surface area contributed by atoms with E-state index in [9.17, 15) is 9.18 Å². The molecular formula is C15H15FN2O3. The number of para-hydroxylation sites is 3. The number of methoxy groups -OCH3 is 1. The van der Waals surface area contributed by atoms with E-state index in [2.05, 4.69) is 5.32 Å². The highest BCUT2D eigenvalue weighted by Gasteiger charge is 2.11. The number of hydrogen-bond acceptors (Lipinski definition) is 4. The van der Waals surface area contributed by atoms with Crippen LogP contribution in [0.3, 0.4) is 0 Å². The molecule has 0 aliphatic heterocycles. The normalized spacial score (nSPS) is 10.0. The fourth-order valence-electron chi connectivity index (χ4n) is 1.75. The Morgan fingerprint density at radius 3 is 2.71 bits per heavy atom. The molecule has 0 saturated heterocycles. The molecule has 0 fully saturated rings. The summed E-state index contributed by atoms with van der Waals surface area (Å²) in [6.07, 6.45) is 0. The third-order valence-electron chi connectivity index (χ3n) is 2.73. The molecule has 5 nitrogen and oxygen atoms in total. The lowest BCUT2D eigenvalue weighted by Crippen LogP contribution is -2.21. The van der Waals surface area contributed by atoms with Gasteiger partial charge in [0.25, 0.3) is 5.91 Å². The van der Waals surface area contributed by atoms with Gasteiger partial charge >= 0.3 is 0 Å². The second-order valence-corrected chi connectivity index (χ2v) is 4.20. The van der Waals surface area contributed by atoms with Crippen LogP contribution in [-0.2, 0) is 4.79 Å². The van der Waals surface area contributed by atoms with E-state index in [1.165, 1.54) is 25.3 Å². The summed E-state index contributed by atoms with van der Waals surface area (Å²) in [5, 5.41) is 2.62. The van der Waals surface area contributed by atoms with E-state index in [4.69, 9.17) is 15.2 Å². The molecule has 0 heterocycles. The molecule has 3 N–H and O–H groups in total. The molecule has 2 aromatic carbocycles. The molecule has 2 aromatic rings. The average molecular weight is 290 g/mol. The first kappa shape index (κ1) is 14.6. The molecular weight excluding hydrogens is 275 g/mol. The first-order valence-corrected chi connectivity index (χ1v) is 6.21. The van der Waals surface area contributed by atoms with Gasteiger partial charge in [0.2, 0.25) is 0 Å². The Kier molecular flexibility index (Phi) is 4.61. The standard InChI is InChI=1S/C15H15FN2O3/c1-20-13-8-3-2-7-12(13)18-14(19)9-21-15-10(16)5-4-6-11(15)17/h2-8H,9,17H2,1H3,(H,18,19). The van der Waals surface area contributed by atoms with Crippen molar-refractivity contribution in [2.45, 2.75) is 0 Å². The summed E-state index contributed by atoms with van der Waals surface area (Å²) in [7, 11) is 1.50. The van der Waals surface area contributed by atoms with E-state index in [1.807, 2.05) is 0 Å². The molecule has 0 atom stereocenters. The number of benzene rings is 2. The monoisotopic (exact) mass is 290 g/mol. The first-order valence-electron chi connectivity index (χ1n) is 6.21. The summed E-state index contributed by atoms with van der Waals surface area (Å²) in [5.41, 5.74) is 6.24. The lowest BCUT2D eigenvalue weighted by atomic mass is 10.3. The first-order chi connectivity index (χ1) is 10.1. The van der Waals surface area contributed by atoms with Crippen molar-refractivity contribution in [2.75, 3.05) is 24.8 Å². The van der Waals surface area contributed by atoms with Crippen LogP contribution in [0.5, 0.6) is 11.5 Å². The van der Waals surface area contributed by atoms with Gasteiger partial charge in [-0.25, -0.2) is 4.39 Å². The topological polar surface area (TPSA) is 73.6 Å². The molecule has 110 valence electrons. The summed E-state index contributed by atoms with van der Waals surface area (Å²) in [4.78, 5) is 11.8. The number of halogens is 1. The lowest BCUT2D eigenvalue weighted by molar-refractivity contribution is -0.118. The molecule has 21 heavy (non-hydrogen) atoms. The number of nitrogen functional groups attached to an aromatic ring is 1. The Morgan fingerprint density at radius 1 is 1.24 bits per heavy atom. The fourth-order valence-corrected chi connectivity index (χ4v) is 1.75. The molecule has 0 unspecified atom stereocenters. The second kappa shape index (κ2) is 6.60. The molecule has 0 radical (unpaired) electrons. The molecule has 0 saturated carbocycles. The van der Waals surface area contributed by atoms with Crippen LogP contribution in [0.1, 0.15) is 0 Å². The minimum Gasteiger partial charge on any atom is -0.495 e. The van der Waals surface area contributed by atoms with Gasteiger partial charge in [-0.15, -0.1) is 0 Å². The van der Waals surface area contributed by atoms with Crippen molar-refractivity contribution >= 4 is 17.3 Å². The van der Waals surface area contributed by atoms with Gasteiger partial charge in [0.05, 0.1) is 18.5 Å². The number of ether oxygens (including phenoxy) is 2. The van der Waals surface area contributed by atoms with E-state index in [0.717, 1.165) is 0 Å². The minimum atomic E-state index is -0.611. The van der Waals surface area contributed by atoms with Gasteiger partial charge in [-0.05, 0) is 24.3 Å². The number of carbonyl (C=O) groups excluding carboxylic acids is 1. The van der Waals surface area contributed by atoms with Gasteiger partial charge in [-0.2, -0.15) is 0 Å². The second-order valence-electron chi connectivity index (χ2n) is 4.20. The highest BCUT2D eigenvalue weighted by molar-refractivity contribution is 5.93. The van der Waals surface area contributed by atoms with Crippen molar-refractivity contribution in [1.29, 1.82) is 0 Å². The number of anilines is 2. The molecule has 2 rings (SSSR count). The maximum atomic E-state index is 13.5. The van der Waals surface area contributed by atoms with Crippen LogP contribution < -0.4 is 20.5 Å². The molecule has 0 bridgehead atoms. The lowest BCUT2D eigenvalue weighted by Gasteiger charge is -2.11. The summed E-state index contributed by atoms with van der Waals surface area (Å²) >= 11 is 0. The van der Waals surface area contributed by atoms with Gasteiger partial charge in [-0.3, -0.25) is 4.79 Å². The van der Waals surface area contributed by atoms with Crippen LogP contribution >= 0.6 is 0 Å². The number of amides is 1. The third-order valence-corrected chi connectivity index (χ3v) is 2.73. The number of rotatable bonds is 5. The zero-order chi connectivity index (χ0) is 15.2. The van der Waals surface area contributed by atoms with Crippen molar-refractivity contribution in [2.24, 2.45) is 0 Å². The number of nitrogens with one attached hydrogen (secondary N) is 1. The Bertz CT molecular complexity index is 626. The van der Waals surface area contributed by atoms with Crippen LogP contribution in [0.25, 0.3) is 0 Å². The molecule has 0 spiro atoms. The molecule has 0 aliphatic rings. The van der Waals surface area contributed by atoms with Crippen molar-refractivity contribution in [3.8, 4) is 11.5 Å². The highest BCUT2D eigenvalue weighted by Crippen LogP contribution is 2.25. The van der Waals surface area contributed by atoms with Crippen molar-refractivity contribution < 1.29 is 18.7 Å². The van der Waals surface area contributed by atoms with E-state index in [1.54, 1.807) is 24.3 Å². The van der Waals surface area contributed by atoms with E-state index >= 15 is 0 Å². The van der Waals surface area contributed by atoms with Crippen LogP contribution in [0.2, 0.25) is 0 Å². The third kappa shape index (κ3) is 3.62. The van der Waals surface area contributed by atoms with Crippen molar-refractivity contribution in [1.82, 2.24) is 0 Å². The maximum absolute atomic E-state index is 13.5. The maximum Gasteiger partial charge on any atom is 0.262 e. The van der Waals surface area contributed by atoms with Crippen LogP contribution in [0, 0.1) is 5.82 Å². The van der Waals surface area contributed by atoms with Gasteiger partial charge in [0.1, 0.15) is 5.75 Å². The molecule has 1 amide bonds.